The van der Waals surface area contributed by atoms with Crippen molar-refractivity contribution in [3.63, 3.8) is 0 Å². The summed E-state index contributed by atoms with van der Waals surface area (Å²) in [6, 6.07) is 0. The molecule has 4 nitrogen and oxygen atoms in total. The second-order valence-electron chi connectivity index (χ2n) is 6.80. The Kier molecular flexibility index (Phi) is 8.69. The third kappa shape index (κ3) is 8.90. The molecule has 1 fully saturated rings. The summed E-state index contributed by atoms with van der Waals surface area (Å²) in [7, 11) is 0. The molecule has 0 aromatic heterocycles. The van der Waals surface area contributed by atoms with Crippen molar-refractivity contribution in [1.29, 1.82) is 0 Å². The van der Waals surface area contributed by atoms with Gasteiger partial charge in [-0.25, -0.2) is 0 Å². The van der Waals surface area contributed by atoms with Crippen LogP contribution in [0.4, 0.5) is 0 Å². The maximum absolute atomic E-state index is 5.74. The highest BCUT2D eigenvalue weighted by Gasteiger charge is 2.16. The van der Waals surface area contributed by atoms with Gasteiger partial charge in [-0.1, -0.05) is 20.8 Å². The van der Waals surface area contributed by atoms with E-state index in [1.54, 1.807) is 0 Å². The van der Waals surface area contributed by atoms with Gasteiger partial charge in [0.2, 0.25) is 0 Å². The largest absolute Gasteiger partial charge is 0.380 e. The molecule has 0 saturated carbocycles. The first-order chi connectivity index (χ1) is 9.51. The normalized spacial score (nSPS) is 18.6. The molecule has 0 N–H and O–H groups in total. The summed E-state index contributed by atoms with van der Waals surface area (Å²) in [5.41, 5.74) is 0.381. The summed E-state index contributed by atoms with van der Waals surface area (Å²) < 4.78 is 11.2. The first-order valence-corrected chi connectivity index (χ1v) is 8.11. The monoisotopic (exact) mass is 286 g/mol. The average molecular weight is 286 g/mol. The van der Waals surface area contributed by atoms with E-state index in [1.807, 2.05) is 0 Å². The van der Waals surface area contributed by atoms with E-state index in [4.69, 9.17) is 9.47 Å². The zero-order chi connectivity index (χ0) is 14.8. The fourth-order valence-electron chi connectivity index (χ4n) is 2.25. The van der Waals surface area contributed by atoms with Crippen LogP contribution in [0.3, 0.4) is 0 Å². The number of hydrogen-bond donors (Lipinski definition) is 0. The van der Waals surface area contributed by atoms with Crippen molar-refractivity contribution in [3.05, 3.63) is 0 Å². The van der Waals surface area contributed by atoms with Crippen LogP contribution in [0, 0.1) is 5.41 Å². The third-order valence-corrected chi connectivity index (χ3v) is 3.77. The van der Waals surface area contributed by atoms with Crippen LogP contribution in [-0.2, 0) is 9.47 Å². The molecule has 0 spiro atoms. The standard InChI is InChI=1S/C16H34N2O2/c1-5-19-14-11-17-7-9-18(10-8-17)12-15-20-13-6-16(2,3)4/h5-15H2,1-4H3. The second kappa shape index (κ2) is 9.72. The molecule has 0 aliphatic carbocycles. The highest BCUT2D eigenvalue weighted by molar-refractivity contribution is 4.71. The lowest BCUT2D eigenvalue weighted by Crippen LogP contribution is -2.48. The lowest BCUT2D eigenvalue weighted by molar-refractivity contribution is 0.0533. The van der Waals surface area contributed by atoms with Gasteiger partial charge in [0.15, 0.2) is 0 Å². The van der Waals surface area contributed by atoms with Crippen molar-refractivity contribution in [2.75, 3.05) is 65.7 Å². The number of rotatable bonds is 9. The van der Waals surface area contributed by atoms with E-state index < -0.39 is 0 Å². The van der Waals surface area contributed by atoms with Gasteiger partial charge in [0, 0.05) is 52.5 Å². The predicted octanol–water partition coefficient (Wildman–Crippen LogP) is 2.09. The number of nitrogens with zero attached hydrogens (tertiary/aromatic N) is 2. The average Bonchev–Trinajstić information content (AvgIpc) is 2.39. The maximum Gasteiger partial charge on any atom is 0.0593 e. The van der Waals surface area contributed by atoms with Crippen LogP contribution in [0.1, 0.15) is 34.1 Å². The van der Waals surface area contributed by atoms with Crippen molar-refractivity contribution in [2.45, 2.75) is 34.1 Å². The Bertz CT molecular complexity index is 233. The first kappa shape index (κ1) is 17.9. The van der Waals surface area contributed by atoms with Crippen LogP contribution < -0.4 is 0 Å². The molecule has 4 heteroatoms. The van der Waals surface area contributed by atoms with Gasteiger partial charge in [-0.2, -0.15) is 0 Å². The molecule has 0 aromatic carbocycles. The Balaban J connectivity index is 1.97. The topological polar surface area (TPSA) is 24.9 Å². The predicted molar refractivity (Wildman–Crippen MR) is 84.3 cm³/mol. The maximum atomic E-state index is 5.74. The van der Waals surface area contributed by atoms with Crippen molar-refractivity contribution < 1.29 is 9.47 Å². The Morgan fingerprint density at radius 1 is 0.800 bits per heavy atom. The lowest BCUT2D eigenvalue weighted by Gasteiger charge is -2.34. The van der Waals surface area contributed by atoms with E-state index >= 15 is 0 Å². The molecular formula is C16H34N2O2. The molecule has 20 heavy (non-hydrogen) atoms. The smallest absolute Gasteiger partial charge is 0.0593 e. The molecule has 0 bridgehead atoms. The Morgan fingerprint density at radius 2 is 1.30 bits per heavy atom. The van der Waals surface area contributed by atoms with Gasteiger partial charge in [-0.05, 0) is 18.8 Å². The van der Waals surface area contributed by atoms with Crippen LogP contribution in [0.25, 0.3) is 0 Å². The van der Waals surface area contributed by atoms with Crippen LogP contribution in [0.15, 0.2) is 0 Å². The van der Waals surface area contributed by atoms with Gasteiger partial charge in [-0.3, -0.25) is 9.80 Å². The molecule has 0 amide bonds. The van der Waals surface area contributed by atoms with E-state index in [0.717, 1.165) is 72.1 Å². The van der Waals surface area contributed by atoms with E-state index in [0.29, 0.717) is 5.41 Å². The highest BCUT2D eigenvalue weighted by Crippen LogP contribution is 2.17. The Hall–Kier alpha value is -0.160. The molecule has 1 aliphatic heterocycles. The summed E-state index contributed by atoms with van der Waals surface area (Å²) >= 11 is 0. The summed E-state index contributed by atoms with van der Waals surface area (Å²) in [5, 5.41) is 0. The number of ether oxygens (including phenoxy) is 2. The van der Waals surface area contributed by atoms with Crippen LogP contribution in [-0.4, -0.2) is 75.5 Å². The zero-order valence-corrected chi connectivity index (χ0v) is 14.0. The van der Waals surface area contributed by atoms with Gasteiger partial charge in [0.05, 0.1) is 13.2 Å². The van der Waals surface area contributed by atoms with E-state index in [9.17, 15) is 0 Å². The van der Waals surface area contributed by atoms with Gasteiger partial charge in [-0.15, -0.1) is 0 Å². The van der Waals surface area contributed by atoms with Gasteiger partial charge in [0.25, 0.3) is 0 Å². The molecule has 120 valence electrons. The van der Waals surface area contributed by atoms with Gasteiger partial charge >= 0.3 is 0 Å². The molecule has 0 radical (unpaired) electrons. The quantitative estimate of drug-likeness (QED) is 0.606. The summed E-state index contributed by atoms with van der Waals surface area (Å²) in [5.74, 6) is 0. The molecule has 1 aliphatic rings. The Morgan fingerprint density at radius 3 is 1.75 bits per heavy atom. The Labute approximate surface area is 125 Å². The van der Waals surface area contributed by atoms with Crippen LogP contribution in [0.5, 0.6) is 0 Å². The van der Waals surface area contributed by atoms with Crippen molar-refractivity contribution in [3.8, 4) is 0 Å². The minimum absolute atomic E-state index is 0.381. The summed E-state index contributed by atoms with van der Waals surface area (Å²) in [6.45, 7) is 19.1. The fraction of sp³-hybridized carbons (Fsp3) is 1.00. The summed E-state index contributed by atoms with van der Waals surface area (Å²) in [6.07, 6.45) is 1.14. The van der Waals surface area contributed by atoms with Crippen molar-refractivity contribution >= 4 is 0 Å². The fourth-order valence-corrected chi connectivity index (χ4v) is 2.25. The molecule has 1 heterocycles. The summed E-state index contributed by atoms with van der Waals surface area (Å²) in [4.78, 5) is 5.00. The molecule has 1 rings (SSSR count). The third-order valence-electron chi connectivity index (χ3n) is 3.77. The number of hydrogen-bond acceptors (Lipinski definition) is 4. The van der Waals surface area contributed by atoms with Gasteiger partial charge in [0.1, 0.15) is 0 Å². The SMILES string of the molecule is CCOCCN1CCN(CCOCCC(C)(C)C)CC1. The molecular weight excluding hydrogens is 252 g/mol. The van der Waals surface area contributed by atoms with Crippen LogP contribution >= 0.6 is 0 Å². The molecule has 1 saturated heterocycles. The molecule has 0 aromatic rings. The second-order valence-corrected chi connectivity index (χ2v) is 6.80. The van der Waals surface area contributed by atoms with Gasteiger partial charge < -0.3 is 9.47 Å². The van der Waals surface area contributed by atoms with Crippen molar-refractivity contribution in [2.24, 2.45) is 5.41 Å². The van der Waals surface area contributed by atoms with Crippen LogP contribution in [0.2, 0.25) is 0 Å². The number of piperazine rings is 1. The minimum Gasteiger partial charge on any atom is -0.380 e. The van der Waals surface area contributed by atoms with E-state index in [2.05, 4.69) is 37.5 Å². The molecule has 0 unspecified atom stereocenters. The highest BCUT2D eigenvalue weighted by atomic mass is 16.5. The first-order valence-electron chi connectivity index (χ1n) is 8.11. The van der Waals surface area contributed by atoms with E-state index in [1.165, 1.54) is 0 Å². The lowest BCUT2D eigenvalue weighted by atomic mass is 9.93. The zero-order valence-electron chi connectivity index (χ0n) is 14.0. The molecule has 0 atom stereocenters. The van der Waals surface area contributed by atoms with Crippen molar-refractivity contribution in [1.82, 2.24) is 9.80 Å². The van der Waals surface area contributed by atoms with E-state index in [-0.39, 0.29) is 0 Å². The minimum atomic E-state index is 0.381.